The lowest BCUT2D eigenvalue weighted by atomic mass is 9.76. The van der Waals surface area contributed by atoms with E-state index in [-0.39, 0.29) is 0 Å². The second-order valence-electron chi connectivity index (χ2n) is 6.75. The van der Waals surface area contributed by atoms with Crippen molar-refractivity contribution >= 4 is 0 Å². The summed E-state index contributed by atoms with van der Waals surface area (Å²) >= 11 is 0. The van der Waals surface area contributed by atoms with Gasteiger partial charge in [0.05, 0.1) is 0 Å². The van der Waals surface area contributed by atoms with Crippen molar-refractivity contribution in [1.29, 1.82) is 0 Å². The summed E-state index contributed by atoms with van der Waals surface area (Å²) in [5.74, 6) is 0.762. The maximum atomic E-state index is 3.80. The summed E-state index contributed by atoms with van der Waals surface area (Å²) in [5.41, 5.74) is 3.50. The molecule has 2 atom stereocenters. The summed E-state index contributed by atoms with van der Waals surface area (Å²) in [6.07, 6.45) is 3.74. The van der Waals surface area contributed by atoms with Crippen LogP contribution in [0.2, 0.25) is 0 Å². The van der Waals surface area contributed by atoms with Gasteiger partial charge in [-0.05, 0) is 37.3 Å². The van der Waals surface area contributed by atoms with E-state index in [1.807, 2.05) is 0 Å². The molecule has 1 aromatic rings. The fraction of sp³-hybridized carbons (Fsp3) is 0.667. The molecule has 110 valence electrons. The van der Waals surface area contributed by atoms with Gasteiger partial charge in [0.1, 0.15) is 0 Å². The summed E-state index contributed by atoms with van der Waals surface area (Å²) in [4.78, 5) is 2.73. The van der Waals surface area contributed by atoms with Crippen molar-refractivity contribution in [3.05, 3.63) is 35.4 Å². The van der Waals surface area contributed by atoms with Gasteiger partial charge in [0.25, 0.3) is 0 Å². The SMILES string of the molecule is CCC1(CC)CN(CC2Cc3ccccc32)C(C)CN1. The zero-order valence-corrected chi connectivity index (χ0v) is 13.2. The molecule has 2 heteroatoms. The molecule has 1 heterocycles. The molecule has 2 unspecified atom stereocenters. The average Bonchev–Trinajstić information content (AvgIpc) is 2.47. The lowest BCUT2D eigenvalue weighted by Crippen LogP contribution is -2.63. The molecule has 1 aromatic carbocycles. The summed E-state index contributed by atoms with van der Waals surface area (Å²) in [6.45, 7) is 10.6. The highest BCUT2D eigenvalue weighted by atomic mass is 15.2. The van der Waals surface area contributed by atoms with E-state index >= 15 is 0 Å². The maximum absolute atomic E-state index is 3.80. The maximum Gasteiger partial charge on any atom is 0.0304 e. The van der Waals surface area contributed by atoms with Gasteiger partial charge in [-0.2, -0.15) is 0 Å². The van der Waals surface area contributed by atoms with E-state index in [2.05, 4.69) is 55.3 Å². The van der Waals surface area contributed by atoms with Crippen LogP contribution in [0.3, 0.4) is 0 Å². The standard InChI is InChI=1S/C18H28N2/c1-4-18(5-2)13-20(14(3)11-19-18)12-16-10-15-8-6-7-9-17(15)16/h6-9,14,16,19H,4-5,10-13H2,1-3H3. The van der Waals surface area contributed by atoms with E-state index in [9.17, 15) is 0 Å². The van der Waals surface area contributed by atoms with Crippen LogP contribution in [-0.2, 0) is 6.42 Å². The van der Waals surface area contributed by atoms with E-state index < -0.39 is 0 Å². The van der Waals surface area contributed by atoms with E-state index in [1.165, 1.54) is 32.4 Å². The molecular weight excluding hydrogens is 244 g/mol. The Morgan fingerprint density at radius 2 is 2.00 bits per heavy atom. The minimum absolute atomic E-state index is 0.343. The highest BCUT2D eigenvalue weighted by Crippen LogP contribution is 2.36. The van der Waals surface area contributed by atoms with Gasteiger partial charge in [0.15, 0.2) is 0 Å². The Morgan fingerprint density at radius 1 is 1.25 bits per heavy atom. The number of nitrogens with zero attached hydrogens (tertiary/aromatic N) is 1. The van der Waals surface area contributed by atoms with Gasteiger partial charge >= 0.3 is 0 Å². The Morgan fingerprint density at radius 3 is 2.70 bits per heavy atom. The first-order valence-corrected chi connectivity index (χ1v) is 8.24. The Kier molecular flexibility index (Phi) is 3.87. The minimum Gasteiger partial charge on any atom is -0.308 e. The van der Waals surface area contributed by atoms with Crippen LogP contribution in [0.4, 0.5) is 0 Å². The lowest BCUT2D eigenvalue weighted by molar-refractivity contribution is 0.0732. The van der Waals surface area contributed by atoms with Crippen molar-refractivity contribution in [2.75, 3.05) is 19.6 Å². The third-order valence-electron chi connectivity index (χ3n) is 5.67. The topological polar surface area (TPSA) is 15.3 Å². The van der Waals surface area contributed by atoms with Crippen molar-refractivity contribution in [2.24, 2.45) is 0 Å². The molecule has 2 aliphatic rings. The van der Waals surface area contributed by atoms with E-state index in [0.717, 1.165) is 12.5 Å². The van der Waals surface area contributed by atoms with Crippen LogP contribution in [0, 0.1) is 0 Å². The molecule has 0 spiro atoms. The number of benzene rings is 1. The van der Waals surface area contributed by atoms with Gasteiger partial charge in [0.2, 0.25) is 0 Å². The zero-order chi connectivity index (χ0) is 14.2. The summed E-state index contributed by atoms with van der Waals surface area (Å²) in [6, 6.07) is 9.63. The molecule has 0 saturated carbocycles. The van der Waals surface area contributed by atoms with Crippen molar-refractivity contribution in [3.63, 3.8) is 0 Å². The Bertz CT molecular complexity index is 464. The number of rotatable bonds is 4. The van der Waals surface area contributed by atoms with Crippen LogP contribution in [0.5, 0.6) is 0 Å². The first-order chi connectivity index (χ1) is 9.67. The number of fused-ring (bicyclic) bond motifs is 1. The first kappa shape index (κ1) is 14.1. The second-order valence-corrected chi connectivity index (χ2v) is 6.75. The molecule has 20 heavy (non-hydrogen) atoms. The van der Waals surface area contributed by atoms with E-state index in [0.29, 0.717) is 11.6 Å². The third kappa shape index (κ3) is 2.40. The molecule has 0 bridgehead atoms. The average molecular weight is 272 g/mol. The quantitative estimate of drug-likeness (QED) is 0.905. The van der Waals surface area contributed by atoms with Gasteiger partial charge in [0, 0.05) is 37.1 Å². The predicted octanol–water partition coefficient (Wildman–Crippen LogP) is 3.18. The Labute approximate surface area is 123 Å². The molecular formula is C18H28N2. The van der Waals surface area contributed by atoms with Crippen molar-refractivity contribution in [2.45, 2.75) is 57.5 Å². The number of hydrogen-bond donors (Lipinski definition) is 1. The fourth-order valence-electron chi connectivity index (χ4n) is 3.87. The molecule has 1 N–H and O–H groups in total. The highest BCUT2D eigenvalue weighted by molar-refractivity contribution is 5.40. The monoisotopic (exact) mass is 272 g/mol. The molecule has 1 saturated heterocycles. The van der Waals surface area contributed by atoms with E-state index in [1.54, 1.807) is 11.1 Å². The first-order valence-electron chi connectivity index (χ1n) is 8.24. The Balaban J connectivity index is 1.68. The van der Waals surface area contributed by atoms with Crippen molar-refractivity contribution in [3.8, 4) is 0 Å². The van der Waals surface area contributed by atoms with E-state index in [4.69, 9.17) is 0 Å². The number of hydrogen-bond acceptors (Lipinski definition) is 2. The molecule has 2 nitrogen and oxygen atoms in total. The number of nitrogens with one attached hydrogen (secondary N) is 1. The number of piperazine rings is 1. The van der Waals surface area contributed by atoms with Crippen molar-refractivity contribution < 1.29 is 0 Å². The van der Waals surface area contributed by atoms with Crippen LogP contribution in [0.25, 0.3) is 0 Å². The molecule has 0 radical (unpaired) electrons. The molecule has 3 rings (SSSR count). The smallest absolute Gasteiger partial charge is 0.0304 e. The van der Waals surface area contributed by atoms with Gasteiger partial charge in [-0.1, -0.05) is 38.1 Å². The normalized spacial score (nSPS) is 28.8. The highest BCUT2D eigenvalue weighted by Gasteiger charge is 2.37. The molecule has 1 aliphatic carbocycles. The van der Waals surface area contributed by atoms with Crippen LogP contribution >= 0.6 is 0 Å². The van der Waals surface area contributed by atoms with Gasteiger partial charge in [-0.15, -0.1) is 0 Å². The molecule has 1 fully saturated rings. The Hall–Kier alpha value is -0.860. The van der Waals surface area contributed by atoms with Crippen LogP contribution in [0.1, 0.15) is 50.7 Å². The fourth-order valence-corrected chi connectivity index (χ4v) is 3.87. The predicted molar refractivity (Wildman–Crippen MR) is 85.2 cm³/mol. The van der Waals surface area contributed by atoms with Gasteiger partial charge in [-0.3, -0.25) is 4.90 Å². The second kappa shape index (κ2) is 5.50. The third-order valence-corrected chi connectivity index (χ3v) is 5.67. The van der Waals surface area contributed by atoms with Crippen LogP contribution in [-0.4, -0.2) is 36.1 Å². The minimum atomic E-state index is 0.343. The zero-order valence-electron chi connectivity index (χ0n) is 13.2. The molecule has 0 amide bonds. The van der Waals surface area contributed by atoms with Gasteiger partial charge < -0.3 is 5.32 Å². The van der Waals surface area contributed by atoms with Crippen LogP contribution < -0.4 is 5.32 Å². The summed E-state index contributed by atoms with van der Waals surface area (Å²) < 4.78 is 0. The lowest BCUT2D eigenvalue weighted by Gasteiger charge is -2.48. The van der Waals surface area contributed by atoms with Gasteiger partial charge in [-0.25, -0.2) is 0 Å². The summed E-state index contributed by atoms with van der Waals surface area (Å²) in [7, 11) is 0. The van der Waals surface area contributed by atoms with Crippen LogP contribution in [0.15, 0.2) is 24.3 Å². The van der Waals surface area contributed by atoms with Crippen molar-refractivity contribution in [1.82, 2.24) is 10.2 Å². The molecule has 1 aliphatic heterocycles. The largest absolute Gasteiger partial charge is 0.308 e. The summed E-state index contributed by atoms with van der Waals surface area (Å²) in [5, 5.41) is 3.80. The molecule has 0 aromatic heterocycles.